The van der Waals surface area contributed by atoms with Gasteiger partial charge in [-0.2, -0.15) is 0 Å². The number of fused-ring (bicyclic) bond motifs is 1. The molecule has 0 saturated carbocycles. The second-order valence-corrected chi connectivity index (χ2v) is 6.45. The van der Waals surface area contributed by atoms with Crippen LogP contribution in [0.15, 0.2) is 63.5 Å². The summed E-state index contributed by atoms with van der Waals surface area (Å²) in [6.07, 6.45) is 0.845. The minimum atomic E-state index is 0.845. The molecule has 0 spiro atoms. The molecule has 0 radical (unpaired) electrons. The van der Waals surface area contributed by atoms with Crippen molar-refractivity contribution in [3.05, 3.63) is 70.3 Å². The second kappa shape index (κ2) is 6.08. The molecule has 0 aromatic heterocycles. The van der Waals surface area contributed by atoms with Crippen molar-refractivity contribution < 1.29 is 0 Å². The molecular formula is C18H16ClNS. The van der Waals surface area contributed by atoms with Crippen molar-refractivity contribution in [3.63, 3.8) is 0 Å². The molecule has 1 aliphatic heterocycles. The predicted molar refractivity (Wildman–Crippen MR) is 93.0 cm³/mol. The van der Waals surface area contributed by atoms with E-state index in [1.807, 2.05) is 12.1 Å². The summed E-state index contributed by atoms with van der Waals surface area (Å²) in [6, 6.07) is 14.7. The normalized spacial score (nSPS) is 18.0. The number of nitrogens with zero attached hydrogens (tertiary/aromatic N) is 1. The minimum Gasteiger partial charge on any atom is -0.241 e. The third kappa shape index (κ3) is 3.07. The van der Waals surface area contributed by atoms with Gasteiger partial charge in [0.1, 0.15) is 5.04 Å². The molecule has 2 aromatic carbocycles. The largest absolute Gasteiger partial charge is 0.241 e. The van der Waals surface area contributed by atoms with E-state index in [0.717, 1.165) is 22.7 Å². The molecular weight excluding hydrogens is 298 g/mol. The smallest absolute Gasteiger partial charge is 0.106 e. The van der Waals surface area contributed by atoms with E-state index in [2.05, 4.69) is 44.2 Å². The van der Waals surface area contributed by atoms with Gasteiger partial charge in [-0.3, -0.25) is 0 Å². The lowest BCUT2D eigenvalue weighted by Crippen LogP contribution is -2.09. The number of aryl methyl sites for hydroxylation is 2. The Kier molecular flexibility index (Phi) is 4.18. The quantitative estimate of drug-likeness (QED) is 0.647. The van der Waals surface area contributed by atoms with Gasteiger partial charge in [-0.15, -0.1) is 0 Å². The van der Waals surface area contributed by atoms with Crippen LogP contribution in [0.1, 0.15) is 16.7 Å². The van der Waals surface area contributed by atoms with Crippen LogP contribution in [-0.2, 0) is 6.42 Å². The van der Waals surface area contributed by atoms with Crippen molar-refractivity contribution in [3.8, 4) is 0 Å². The number of aliphatic imine (C=N–C) groups is 1. The first-order chi connectivity index (χ1) is 10.2. The maximum absolute atomic E-state index is 6.02. The van der Waals surface area contributed by atoms with E-state index in [9.17, 15) is 0 Å². The Bertz CT molecular complexity index is 729. The van der Waals surface area contributed by atoms with Crippen LogP contribution in [0.4, 0.5) is 5.69 Å². The highest BCUT2D eigenvalue weighted by atomic mass is 35.5. The van der Waals surface area contributed by atoms with E-state index < -0.39 is 0 Å². The summed E-state index contributed by atoms with van der Waals surface area (Å²) in [5.41, 5.74) is 7.57. The molecule has 0 fully saturated rings. The molecule has 3 rings (SSSR count). The third-order valence-electron chi connectivity index (χ3n) is 3.54. The molecule has 2 aromatic rings. The molecule has 0 unspecified atom stereocenters. The van der Waals surface area contributed by atoms with Gasteiger partial charge >= 0.3 is 0 Å². The number of rotatable bonds is 1. The van der Waals surface area contributed by atoms with Crippen LogP contribution >= 0.6 is 23.4 Å². The molecule has 0 bridgehead atoms. The Balaban J connectivity index is 2.02. The lowest BCUT2D eigenvalue weighted by atomic mass is 10.0. The summed E-state index contributed by atoms with van der Waals surface area (Å²) in [5, 5.41) is 0.996. The van der Waals surface area contributed by atoms with Gasteiger partial charge in [0.05, 0.1) is 5.69 Å². The molecule has 0 N–H and O–H groups in total. The molecule has 106 valence electrons. The van der Waals surface area contributed by atoms with Gasteiger partial charge in [-0.05, 0) is 37.1 Å². The molecule has 0 saturated heterocycles. The van der Waals surface area contributed by atoms with Crippen LogP contribution in [-0.4, -0.2) is 5.04 Å². The SMILES string of the molecule is Cc1ccc(N=C2Sc3c(C)cccc3C/C2=C\Cl)cc1. The highest BCUT2D eigenvalue weighted by Gasteiger charge is 2.21. The molecule has 0 amide bonds. The van der Waals surface area contributed by atoms with Crippen LogP contribution < -0.4 is 0 Å². The zero-order chi connectivity index (χ0) is 14.8. The number of thioether (sulfide) groups is 1. The molecule has 1 aliphatic rings. The lowest BCUT2D eigenvalue weighted by Gasteiger charge is -2.21. The van der Waals surface area contributed by atoms with E-state index >= 15 is 0 Å². The molecule has 3 heteroatoms. The average molecular weight is 314 g/mol. The summed E-state index contributed by atoms with van der Waals surface area (Å²) in [7, 11) is 0. The van der Waals surface area contributed by atoms with Crippen molar-refractivity contribution in [2.24, 2.45) is 4.99 Å². The zero-order valence-corrected chi connectivity index (χ0v) is 13.6. The first-order valence-electron chi connectivity index (χ1n) is 6.88. The first kappa shape index (κ1) is 14.4. The fraction of sp³-hybridized carbons (Fsp3) is 0.167. The van der Waals surface area contributed by atoms with Crippen molar-refractivity contribution in [1.29, 1.82) is 0 Å². The van der Waals surface area contributed by atoms with E-state index in [1.165, 1.54) is 21.6 Å². The number of benzene rings is 2. The second-order valence-electron chi connectivity index (χ2n) is 5.23. The Hall–Kier alpha value is -1.51. The topological polar surface area (TPSA) is 12.4 Å². The third-order valence-corrected chi connectivity index (χ3v) is 5.14. The van der Waals surface area contributed by atoms with Crippen LogP contribution in [0.5, 0.6) is 0 Å². The summed E-state index contributed by atoms with van der Waals surface area (Å²) in [6.45, 7) is 4.22. The highest BCUT2D eigenvalue weighted by Crippen LogP contribution is 2.38. The van der Waals surface area contributed by atoms with Gasteiger partial charge in [-0.1, -0.05) is 59.3 Å². The fourth-order valence-corrected chi connectivity index (χ4v) is 3.71. The standard InChI is InChI=1S/C18H16ClNS/c1-12-6-8-16(9-7-12)20-18-15(11-19)10-14-5-3-4-13(2)17(14)21-18/h3-9,11H,10H2,1-2H3/b15-11+,20-18?. The van der Waals surface area contributed by atoms with Crippen LogP contribution in [0.2, 0.25) is 0 Å². The van der Waals surface area contributed by atoms with Gasteiger partial charge in [0.15, 0.2) is 0 Å². The van der Waals surface area contributed by atoms with E-state index in [1.54, 1.807) is 17.3 Å². The van der Waals surface area contributed by atoms with E-state index in [-0.39, 0.29) is 0 Å². The Morgan fingerprint density at radius 1 is 1.10 bits per heavy atom. The maximum Gasteiger partial charge on any atom is 0.106 e. The Morgan fingerprint density at radius 3 is 2.57 bits per heavy atom. The van der Waals surface area contributed by atoms with Crippen molar-refractivity contribution in [2.75, 3.05) is 0 Å². The Labute approximate surface area is 134 Å². The van der Waals surface area contributed by atoms with Gasteiger partial charge in [0.2, 0.25) is 0 Å². The minimum absolute atomic E-state index is 0.845. The summed E-state index contributed by atoms with van der Waals surface area (Å²) < 4.78 is 0. The molecule has 1 nitrogen and oxygen atoms in total. The Morgan fingerprint density at radius 2 is 1.86 bits per heavy atom. The predicted octanol–water partition coefficient (Wildman–Crippen LogP) is 5.80. The van der Waals surface area contributed by atoms with Crippen molar-refractivity contribution in [1.82, 2.24) is 0 Å². The van der Waals surface area contributed by atoms with Gasteiger partial charge in [0.25, 0.3) is 0 Å². The van der Waals surface area contributed by atoms with Gasteiger partial charge in [-0.25, -0.2) is 4.99 Å². The molecule has 0 aliphatic carbocycles. The zero-order valence-electron chi connectivity index (χ0n) is 12.1. The van der Waals surface area contributed by atoms with Crippen molar-refractivity contribution >= 4 is 34.1 Å². The fourth-order valence-electron chi connectivity index (χ4n) is 2.36. The summed E-state index contributed by atoms with van der Waals surface area (Å²) >= 11 is 7.73. The average Bonchev–Trinajstić information content (AvgIpc) is 2.50. The summed E-state index contributed by atoms with van der Waals surface area (Å²) in [5.74, 6) is 0. The van der Waals surface area contributed by atoms with Gasteiger partial charge in [0, 0.05) is 22.4 Å². The maximum atomic E-state index is 6.02. The van der Waals surface area contributed by atoms with Crippen LogP contribution in [0, 0.1) is 13.8 Å². The summed E-state index contributed by atoms with van der Waals surface area (Å²) in [4.78, 5) is 6.09. The monoisotopic (exact) mass is 313 g/mol. The van der Waals surface area contributed by atoms with Gasteiger partial charge < -0.3 is 0 Å². The van der Waals surface area contributed by atoms with Crippen LogP contribution in [0.3, 0.4) is 0 Å². The molecule has 1 heterocycles. The van der Waals surface area contributed by atoms with Crippen LogP contribution in [0.25, 0.3) is 0 Å². The van der Waals surface area contributed by atoms with Crippen molar-refractivity contribution in [2.45, 2.75) is 25.2 Å². The van der Waals surface area contributed by atoms with E-state index in [4.69, 9.17) is 16.6 Å². The first-order valence-corrected chi connectivity index (χ1v) is 8.14. The molecule has 21 heavy (non-hydrogen) atoms. The highest BCUT2D eigenvalue weighted by molar-refractivity contribution is 8.14. The number of hydrogen-bond donors (Lipinski definition) is 0. The number of halogens is 1. The number of hydrogen-bond acceptors (Lipinski definition) is 2. The van der Waals surface area contributed by atoms with E-state index in [0.29, 0.717) is 0 Å². The molecule has 0 atom stereocenters. The lowest BCUT2D eigenvalue weighted by molar-refractivity contribution is 1.11.